The SMILES string of the molecule is CC1(C)OCCc2[nH]c(-c3c(-c4ccccc4)ccnc3Cl)nc21. The number of aromatic nitrogens is 3. The molecule has 0 amide bonds. The molecule has 4 rings (SSSR count). The highest BCUT2D eigenvalue weighted by molar-refractivity contribution is 6.32. The van der Waals surface area contributed by atoms with Crippen LogP contribution in [-0.4, -0.2) is 21.6 Å². The van der Waals surface area contributed by atoms with Crippen LogP contribution in [0.25, 0.3) is 22.5 Å². The summed E-state index contributed by atoms with van der Waals surface area (Å²) < 4.78 is 5.85. The molecule has 0 radical (unpaired) electrons. The number of nitrogens with zero attached hydrogens (tertiary/aromatic N) is 2. The van der Waals surface area contributed by atoms with Gasteiger partial charge in [0, 0.05) is 18.3 Å². The van der Waals surface area contributed by atoms with Crippen LogP contribution in [-0.2, 0) is 16.8 Å². The summed E-state index contributed by atoms with van der Waals surface area (Å²) in [5.74, 6) is 0.746. The summed E-state index contributed by atoms with van der Waals surface area (Å²) in [6.07, 6.45) is 2.55. The third-order valence-electron chi connectivity index (χ3n) is 4.39. The van der Waals surface area contributed by atoms with E-state index in [0.717, 1.165) is 40.3 Å². The Hall–Kier alpha value is -2.17. The van der Waals surface area contributed by atoms with E-state index in [0.29, 0.717) is 11.8 Å². The van der Waals surface area contributed by atoms with Crippen molar-refractivity contribution in [2.45, 2.75) is 25.9 Å². The summed E-state index contributed by atoms with van der Waals surface area (Å²) in [7, 11) is 0. The molecule has 4 nitrogen and oxygen atoms in total. The fourth-order valence-corrected chi connectivity index (χ4v) is 3.45. The number of imidazole rings is 1. The molecule has 1 aromatic carbocycles. The Balaban J connectivity index is 1.91. The molecule has 5 heteroatoms. The van der Waals surface area contributed by atoms with Gasteiger partial charge >= 0.3 is 0 Å². The van der Waals surface area contributed by atoms with Gasteiger partial charge in [-0.2, -0.15) is 0 Å². The second-order valence-electron chi connectivity index (χ2n) is 6.41. The minimum absolute atomic E-state index is 0.399. The van der Waals surface area contributed by atoms with E-state index < -0.39 is 5.60 Å². The molecule has 0 saturated heterocycles. The van der Waals surface area contributed by atoms with Crippen LogP contribution in [0, 0.1) is 0 Å². The van der Waals surface area contributed by atoms with E-state index in [1.807, 2.05) is 38.1 Å². The van der Waals surface area contributed by atoms with E-state index in [4.69, 9.17) is 21.3 Å². The lowest BCUT2D eigenvalue weighted by Crippen LogP contribution is -2.29. The van der Waals surface area contributed by atoms with Gasteiger partial charge in [0.2, 0.25) is 0 Å². The van der Waals surface area contributed by atoms with Gasteiger partial charge in [-0.15, -0.1) is 0 Å². The number of rotatable bonds is 2. The van der Waals surface area contributed by atoms with Crippen LogP contribution >= 0.6 is 11.6 Å². The van der Waals surface area contributed by atoms with Crippen molar-refractivity contribution in [3.63, 3.8) is 0 Å². The van der Waals surface area contributed by atoms with Crippen LogP contribution in [0.15, 0.2) is 42.6 Å². The number of pyridine rings is 1. The molecule has 0 fully saturated rings. The number of ether oxygens (including phenoxy) is 1. The molecular formula is C19H18ClN3O. The van der Waals surface area contributed by atoms with Crippen molar-refractivity contribution in [1.29, 1.82) is 0 Å². The first kappa shape index (κ1) is 15.4. The summed E-state index contributed by atoms with van der Waals surface area (Å²) in [5, 5.41) is 0.446. The lowest BCUT2D eigenvalue weighted by Gasteiger charge is -2.28. The number of benzene rings is 1. The zero-order chi connectivity index (χ0) is 16.7. The second-order valence-corrected chi connectivity index (χ2v) is 6.77. The molecular weight excluding hydrogens is 322 g/mol. The van der Waals surface area contributed by atoms with E-state index in [1.165, 1.54) is 0 Å². The van der Waals surface area contributed by atoms with Crippen molar-refractivity contribution >= 4 is 11.6 Å². The largest absolute Gasteiger partial charge is 0.369 e. The van der Waals surface area contributed by atoms with Gasteiger partial charge in [-0.3, -0.25) is 0 Å². The van der Waals surface area contributed by atoms with Gasteiger partial charge in [0.15, 0.2) is 0 Å². The maximum atomic E-state index is 6.45. The van der Waals surface area contributed by atoms with Gasteiger partial charge in [-0.1, -0.05) is 41.9 Å². The van der Waals surface area contributed by atoms with Crippen molar-refractivity contribution in [3.8, 4) is 22.5 Å². The molecule has 3 aromatic rings. The molecule has 1 aliphatic rings. The highest BCUT2D eigenvalue weighted by Gasteiger charge is 2.33. The second kappa shape index (κ2) is 5.72. The van der Waals surface area contributed by atoms with Crippen LogP contribution in [0.4, 0.5) is 0 Å². The van der Waals surface area contributed by atoms with Gasteiger partial charge in [0.25, 0.3) is 0 Å². The predicted octanol–water partition coefficient (Wildman–Crippen LogP) is 4.60. The van der Waals surface area contributed by atoms with Gasteiger partial charge in [0.05, 0.1) is 17.9 Å². The minimum atomic E-state index is -0.399. The standard InChI is InChI=1S/C19H18ClN3O/c1-19(2)16-14(9-11-24-19)22-18(23-16)15-13(8-10-21-17(15)20)12-6-4-3-5-7-12/h3-8,10H,9,11H2,1-2H3,(H,22,23). The molecule has 2 aromatic heterocycles. The molecule has 0 aliphatic carbocycles. The highest BCUT2D eigenvalue weighted by Crippen LogP contribution is 2.38. The monoisotopic (exact) mass is 339 g/mol. The number of hydrogen-bond donors (Lipinski definition) is 1. The van der Waals surface area contributed by atoms with Crippen molar-refractivity contribution in [1.82, 2.24) is 15.0 Å². The Morgan fingerprint density at radius 1 is 1.17 bits per heavy atom. The van der Waals surface area contributed by atoms with Crippen LogP contribution in [0.2, 0.25) is 5.15 Å². The number of nitrogens with one attached hydrogen (secondary N) is 1. The van der Waals surface area contributed by atoms with Gasteiger partial charge in [0.1, 0.15) is 16.6 Å². The normalized spacial score (nSPS) is 16.0. The van der Waals surface area contributed by atoms with Crippen molar-refractivity contribution in [2.24, 2.45) is 0 Å². The summed E-state index contributed by atoms with van der Waals surface area (Å²) in [5.41, 5.74) is 4.59. The van der Waals surface area contributed by atoms with Gasteiger partial charge in [-0.25, -0.2) is 9.97 Å². The summed E-state index contributed by atoms with van der Waals surface area (Å²) in [6.45, 7) is 4.77. The van der Waals surface area contributed by atoms with Crippen molar-refractivity contribution in [2.75, 3.05) is 6.61 Å². The Bertz CT molecular complexity index is 887. The van der Waals surface area contributed by atoms with Crippen LogP contribution in [0.5, 0.6) is 0 Å². The fourth-order valence-electron chi connectivity index (χ4n) is 3.20. The van der Waals surface area contributed by atoms with E-state index in [2.05, 4.69) is 22.1 Å². The first-order chi connectivity index (χ1) is 11.6. The molecule has 0 saturated carbocycles. The van der Waals surface area contributed by atoms with Crippen molar-refractivity contribution in [3.05, 3.63) is 59.1 Å². The molecule has 1 aliphatic heterocycles. The maximum Gasteiger partial charge on any atom is 0.141 e. The maximum absolute atomic E-state index is 6.45. The summed E-state index contributed by atoms with van der Waals surface area (Å²) in [6, 6.07) is 12.1. The van der Waals surface area contributed by atoms with E-state index in [9.17, 15) is 0 Å². The van der Waals surface area contributed by atoms with Crippen molar-refractivity contribution < 1.29 is 4.74 Å². The minimum Gasteiger partial charge on any atom is -0.369 e. The fraction of sp³-hybridized carbons (Fsp3) is 0.263. The zero-order valence-corrected chi connectivity index (χ0v) is 14.4. The number of fused-ring (bicyclic) bond motifs is 1. The van der Waals surface area contributed by atoms with E-state index in [1.54, 1.807) is 6.20 Å². The third kappa shape index (κ3) is 2.52. The van der Waals surface area contributed by atoms with Gasteiger partial charge in [-0.05, 0) is 31.0 Å². The third-order valence-corrected chi connectivity index (χ3v) is 4.68. The molecule has 0 bridgehead atoms. The van der Waals surface area contributed by atoms with Gasteiger partial charge < -0.3 is 9.72 Å². The number of H-pyrrole nitrogens is 1. The Labute approximate surface area is 145 Å². The molecule has 0 atom stereocenters. The predicted molar refractivity (Wildman–Crippen MR) is 94.9 cm³/mol. The lowest BCUT2D eigenvalue weighted by atomic mass is 9.99. The molecule has 122 valence electrons. The Morgan fingerprint density at radius 2 is 1.96 bits per heavy atom. The van der Waals surface area contributed by atoms with E-state index >= 15 is 0 Å². The number of hydrogen-bond acceptors (Lipinski definition) is 3. The Kier molecular flexibility index (Phi) is 3.66. The molecule has 0 unspecified atom stereocenters. The molecule has 24 heavy (non-hydrogen) atoms. The van der Waals surface area contributed by atoms with Crippen LogP contribution < -0.4 is 0 Å². The Morgan fingerprint density at radius 3 is 2.71 bits per heavy atom. The first-order valence-electron chi connectivity index (χ1n) is 8.00. The first-order valence-corrected chi connectivity index (χ1v) is 8.38. The molecule has 3 heterocycles. The topological polar surface area (TPSA) is 50.8 Å². The average Bonchev–Trinajstić information content (AvgIpc) is 3.00. The quantitative estimate of drug-likeness (QED) is 0.694. The van der Waals surface area contributed by atoms with Crippen LogP contribution in [0.3, 0.4) is 0 Å². The average molecular weight is 340 g/mol. The molecule has 0 spiro atoms. The number of aromatic amines is 1. The smallest absolute Gasteiger partial charge is 0.141 e. The molecule has 1 N–H and O–H groups in total. The van der Waals surface area contributed by atoms with E-state index in [-0.39, 0.29) is 0 Å². The number of halogens is 1. The highest BCUT2D eigenvalue weighted by atomic mass is 35.5. The lowest BCUT2D eigenvalue weighted by molar-refractivity contribution is -0.0349. The zero-order valence-electron chi connectivity index (χ0n) is 13.6. The summed E-state index contributed by atoms with van der Waals surface area (Å²) >= 11 is 6.45. The summed E-state index contributed by atoms with van der Waals surface area (Å²) in [4.78, 5) is 12.5. The van der Waals surface area contributed by atoms with Crippen LogP contribution in [0.1, 0.15) is 25.2 Å².